The number of aryl methyl sites for hydroxylation is 2. The molecule has 166 valence electrons. The SMILES string of the molecule is CCc1ccccc1Nc1nc(C2CCCN(C(=O)c3cncn3CC)C2)c2sccn12. The van der Waals surface area contributed by atoms with Crippen molar-refractivity contribution in [1.29, 1.82) is 0 Å². The third-order valence-corrected chi connectivity index (χ3v) is 7.18. The van der Waals surface area contributed by atoms with E-state index < -0.39 is 0 Å². The Labute approximate surface area is 191 Å². The van der Waals surface area contributed by atoms with Crippen molar-refractivity contribution >= 4 is 33.7 Å². The van der Waals surface area contributed by atoms with Gasteiger partial charge in [-0.2, -0.15) is 0 Å². The monoisotopic (exact) mass is 448 g/mol. The molecule has 1 atom stereocenters. The lowest BCUT2D eigenvalue weighted by atomic mass is 9.95. The molecule has 0 saturated carbocycles. The molecule has 32 heavy (non-hydrogen) atoms. The van der Waals surface area contributed by atoms with Crippen LogP contribution in [-0.2, 0) is 13.0 Å². The van der Waals surface area contributed by atoms with Gasteiger partial charge in [-0.1, -0.05) is 25.1 Å². The van der Waals surface area contributed by atoms with Gasteiger partial charge in [0.15, 0.2) is 0 Å². The lowest BCUT2D eigenvalue weighted by molar-refractivity contribution is 0.0695. The summed E-state index contributed by atoms with van der Waals surface area (Å²) in [7, 11) is 0. The summed E-state index contributed by atoms with van der Waals surface area (Å²) in [5.74, 6) is 1.12. The zero-order chi connectivity index (χ0) is 22.1. The maximum absolute atomic E-state index is 13.2. The van der Waals surface area contributed by atoms with Crippen LogP contribution in [0.15, 0.2) is 48.4 Å². The minimum absolute atomic E-state index is 0.0610. The Bertz CT molecular complexity index is 1240. The van der Waals surface area contributed by atoms with Crippen LogP contribution >= 0.6 is 11.3 Å². The van der Waals surface area contributed by atoms with E-state index in [1.807, 2.05) is 22.5 Å². The topological polar surface area (TPSA) is 67.5 Å². The van der Waals surface area contributed by atoms with Crippen LogP contribution in [0.1, 0.15) is 54.4 Å². The fourth-order valence-corrected chi connectivity index (χ4v) is 5.47. The molecule has 5 rings (SSSR count). The van der Waals surface area contributed by atoms with E-state index in [0.29, 0.717) is 12.2 Å². The van der Waals surface area contributed by atoms with Crippen LogP contribution in [0.2, 0.25) is 0 Å². The molecule has 1 N–H and O–H groups in total. The zero-order valence-electron chi connectivity index (χ0n) is 18.5. The number of likely N-dealkylation sites (tertiary alicyclic amines) is 1. The number of fused-ring (bicyclic) bond motifs is 1. The Morgan fingerprint density at radius 3 is 3.00 bits per heavy atom. The molecule has 0 spiro atoms. The van der Waals surface area contributed by atoms with E-state index in [0.717, 1.165) is 54.5 Å². The third kappa shape index (κ3) is 3.68. The highest BCUT2D eigenvalue weighted by molar-refractivity contribution is 7.15. The number of rotatable bonds is 6. The fraction of sp³-hybridized carbons (Fsp3) is 0.375. The summed E-state index contributed by atoms with van der Waals surface area (Å²) in [6.07, 6.45) is 8.44. The molecule has 1 saturated heterocycles. The van der Waals surface area contributed by atoms with E-state index in [1.54, 1.807) is 23.9 Å². The fourth-order valence-electron chi connectivity index (χ4n) is 4.57. The second-order valence-corrected chi connectivity index (χ2v) is 9.08. The Kier molecular flexibility index (Phi) is 5.70. The van der Waals surface area contributed by atoms with Crippen LogP contribution in [0, 0.1) is 0 Å². The van der Waals surface area contributed by atoms with Crippen LogP contribution in [0.3, 0.4) is 0 Å². The quantitative estimate of drug-likeness (QED) is 0.454. The number of para-hydroxylation sites is 1. The summed E-state index contributed by atoms with van der Waals surface area (Å²) in [6, 6.07) is 8.36. The van der Waals surface area contributed by atoms with Crippen LogP contribution < -0.4 is 5.32 Å². The molecule has 0 bridgehead atoms. The first-order valence-electron chi connectivity index (χ1n) is 11.3. The molecule has 1 aromatic carbocycles. The van der Waals surface area contributed by atoms with Crippen molar-refractivity contribution in [3.63, 3.8) is 0 Å². The predicted octanol–water partition coefficient (Wildman–Crippen LogP) is 4.94. The molecule has 3 aromatic heterocycles. The first kappa shape index (κ1) is 20.8. The summed E-state index contributed by atoms with van der Waals surface area (Å²) < 4.78 is 4.05. The Morgan fingerprint density at radius 2 is 2.16 bits per heavy atom. The minimum Gasteiger partial charge on any atom is -0.337 e. The van der Waals surface area contributed by atoms with Crippen LogP contribution in [0.5, 0.6) is 0 Å². The van der Waals surface area contributed by atoms with Gasteiger partial charge in [0.05, 0.1) is 18.2 Å². The largest absolute Gasteiger partial charge is 0.337 e. The molecule has 4 aromatic rings. The van der Waals surface area contributed by atoms with Crippen LogP contribution in [0.25, 0.3) is 4.83 Å². The predicted molar refractivity (Wildman–Crippen MR) is 128 cm³/mol. The second-order valence-electron chi connectivity index (χ2n) is 8.19. The number of nitrogens with zero attached hydrogens (tertiary/aromatic N) is 5. The number of imidazole rings is 2. The van der Waals surface area contributed by atoms with E-state index in [2.05, 4.69) is 51.4 Å². The number of piperidine rings is 1. The van der Waals surface area contributed by atoms with E-state index in [9.17, 15) is 4.79 Å². The summed E-state index contributed by atoms with van der Waals surface area (Å²) in [5, 5.41) is 5.65. The van der Waals surface area contributed by atoms with Gasteiger partial charge in [0.25, 0.3) is 5.91 Å². The average Bonchev–Trinajstić information content (AvgIpc) is 3.57. The zero-order valence-corrected chi connectivity index (χ0v) is 19.3. The van der Waals surface area contributed by atoms with Crippen LogP contribution in [-0.4, -0.2) is 42.8 Å². The van der Waals surface area contributed by atoms with E-state index >= 15 is 0 Å². The van der Waals surface area contributed by atoms with Crippen LogP contribution in [0.4, 0.5) is 11.6 Å². The molecule has 0 aliphatic carbocycles. The standard InChI is InChI=1S/C24H28N6OS/c1-3-17-8-5-6-10-19(17)26-24-27-21(23-30(24)12-13-32-23)18-9-7-11-29(15-18)22(31)20-14-25-16-28(20)4-2/h5-6,8,10,12-14,16,18H,3-4,7,9,11,15H2,1-2H3,(H,26,27). The smallest absolute Gasteiger partial charge is 0.272 e. The van der Waals surface area contributed by atoms with Gasteiger partial charge in [0.1, 0.15) is 10.5 Å². The first-order valence-corrected chi connectivity index (χ1v) is 12.2. The molecular weight excluding hydrogens is 420 g/mol. The lowest BCUT2D eigenvalue weighted by Crippen LogP contribution is -2.40. The number of amides is 1. The number of nitrogens with one attached hydrogen (secondary N) is 1. The van der Waals surface area contributed by atoms with Gasteiger partial charge in [0, 0.05) is 42.8 Å². The van der Waals surface area contributed by atoms with Crippen molar-refractivity contribution in [3.8, 4) is 0 Å². The minimum atomic E-state index is 0.0610. The van der Waals surface area contributed by atoms with Crippen molar-refractivity contribution in [3.05, 3.63) is 65.3 Å². The highest BCUT2D eigenvalue weighted by Crippen LogP contribution is 2.35. The highest BCUT2D eigenvalue weighted by Gasteiger charge is 2.30. The van der Waals surface area contributed by atoms with Gasteiger partial charge in [0.2, 0.25) is 5.95 Å². The Balaban J connectivity index is 1.42. The number of aromatic nitrogens is 4. The maximum atomic E-state index is 13.2. The summed E-state index contributed by atoms with van der Waals surface area (Å²) >= 11 is 1.71. The number of hydrogen-bond acceptors (Lipinski definition) is 5. The van der Waals surface area contributed by atoms with Gasteiger partial charge in [-0.15, -0.1) is 11.3 Å². The van der Waals surface area contributed by atoms with E-state index in [-0.39, 0.29) is 11.8 Å². The number of thiazole rings is 1. The number of hydrogen-bond donors (Lipinski definition) is 1. The first-order chi connectivity index (χ1) is 15.7. The number of carbonyl (C=O) groups excluding carboxylic acids is 1. The number of benzene rings is 1. The summed E-state index contributed by atoms with van der Waals surface area (Å²) in [5.41, 5.74) is 4.10. The summed E-state index contributed by atoms with van der Waals surface area (Å²) in [4.78, 5) is 25.5. The molecule has 1 aliphatic rings. The molecule has 7 nitrogen and oxygen atoms in total. The normalized spacial score (nSPS) is 16.6. The lowest BCUT2D eigenvalue weighted by Gasteiger charge is -2.32. The van der Waals surface area contributed by atoms with E-state index in [4.69, 9.17) is 4.98 Å². The van der Waals surface area contributed by atoms with E-state index in [1.165, 1.54) is 5.56 Å². The van der Waals surface area contributed by atoms with Crippen molar-refractivity contribution in [2.24, 2.45) is 0 Å². The van der Waals surface area contributed by atoms with Crippen molar-refractivity contribution in [2.75, 3.05) is 18.4 Å². The molecule has 4 heterocycles. The Morgan fingerprint density at radius 1 is 1.28 bits per heavy atom. The third-order valence-electron chi connectivity index (χ3n) is 6.29. The maximum Gasteiger partial charge on any atom is 0.272 e. The molecule has 1 aliphatic heterocycles. The Hall–Kier alpha value is -3.13. The van der Waals surface area contributed by atoms with Gasteiger partial charge in [-0.3, -0.25) is 9.20 Å². The van der Waals surface area contributed by atoms with Crippen molar-refractivity contribution in [2.45, 2.75) is 45.6 Å². The molecule has 8 heteroatoms. The van der Waals surface area contributed by atoms with Gasteiger partial charge < -0.3 is 14.8 Å². The van der Waals surface area contributed by atoms with Gasteiger partial charge in [-0.25, -0.2) is 9.97 Å². The van der Waals surface area contributed by atoms with Gasteiger partial charge >= 0.3 is 0 Å². The average molecular weight is 449 g/mol. The van der Waals surface area contributed by atoms with Crippen molar-refractivity contribution < 1.29 is 4.79 Å². The molecule has 1 amide bonds. The second kappa shape index (κ2) is 8.78. The number of anilines is 2. The molecule has 1 fully saturated rings. The molecule has 1 unspecified atom stereocenters. The highest BCUT2D eigenvalue weighted by atomic mass is 32.1. The molecular formula is C24H28N6OS. The number of carbonyl (C=O) groups is 1. The van der Waals surface area contributed by atoms with Crippen molar-refractivity contribution in [1.82, 2.24) is 23.8 Å². The summed E-state index contributed by atoms with van der Waals surface area (Å²) in [6.45, 7) is 6.39. The molecule has 0 radical (unpaired) electrons. The van der Waals surface area contributed by atoms with Gasteiger partial charge in [-0.05, 0) is 37.8 Å².